The zero-order valence-electron chi connectivity index (χ0n) is 16.2. The number of benzene rings is 3. The topological polar surface area (TPSA) is 86.7 Å². The molecular formula is C24H20N2O4. The molecule has 0 saturated carbocycles. The van der Waals surface area contributed by atoms with Crippen molar-refractivity contribution in [3.8, 4) is 0 Å². The van der Waals surface area contributed by atoms with E-state index in [0.717, 1.165) is 23.2 Å². The average molecular weight is 400 g/mol. The Labute approximate surface area is 173 Å². The predicted molar refractivity (Wildman–Crippen MR) is 114 cm³/mol. The number of carbonyl (C=O) groups excluding carboxylic acids is 2. The Morgan fingerprint density at radius 1 is 0.867 bits per heavy atom. The van der Waals surface area contributed by atoms with Crippen LogP contribution in [-0.2, 0) is 17.8 Å². The summed E-state index contributed by atoms with van der Waals surface area (Å²) < 4.78 is 0. The largest absolute Gasteiger partial charge is 0.478 e. The van der Waals surface area contributed by atoms with E-state index < -0.39 is 11.9 Å². The Morgan fingerprint density at radius 2 is 1.53 bits per heavy atom. The maximum absolute atomic E-state index is 12.5. The van der Waals surface area contributed by atoms with Gasteiger partial charge in [-0.05, 0) is 47.9 Å². The maximum Gasteiger partial charge on any atom is 0.336 e. The Balaban J connectivity index is 1.48. The molecule has 4 rings (SSSR count). The second-order valence-corrected chi connectivity index (χ2v) is 7.11. The first-order valence-corrected chi connectivity index (χ1v) is 9.64. The molecule has 0 atom stereocenters. The number of fused-ring (bicyclic) bond motifs is 1. The number of anilines is 2. The molecule has 6 nitrogen and oxygen atoms in total. The molecular weight excluding hydrogens is 380 g/mol. The third-order valence-corrected chi connectivity index (χ3v) is 5.15. The molecule has 0 aromatic heterocycles. The first-order valence-electron chi connectivity index (χ1n) is 9.64. The first-order chi connectivity index (χ1) is 14.5. The number of carbonyl (C=O) groups is 3. The number of rotatable bonds is 5. The Bertz CT molecular complexity index is 1120. The highest BCUT2D eigenvalue weighted by Gasteiger charge is 2.23. The van der Waals surface area contributed by atoms with Crippen LogP contribution in [0.3, 0.4) is 0 Å². The minimum Gasteiger partial charge on any atom is -0.478 e. The van der Waals surface area contributed by atoms with Crippen molar-refractivity contribution in [3.63, 3.8) is 0 Å². The van der Waals surface area contributed by atoms with Crippen LogP contribution in [0, 0.1) is 0 Å². The first kappa shape index (κ1) is 19.4. The molecule has 2 amide bonds. The van der Waals surface area contributed by atoms with E-state index in [0.29, 0.717) is 18.7 Å². The molecule has 0 saturated heterocycles. The molecule has 1 aliphatic heterocycles. The van der Waals surface area contributed by atoms with Gasteiger partial charge >= 0.3 is 5.97 Å². The second kappa shape index (κ2) is 8.21. The zero-order valence-corrected chi connectivity index (χ0v) is 16.2. The van der Waals surface area contributed by atoms with Crippen molar-refractivity contribution in [1.29, 1.82) is 0 Å². The molecule has 6 heteroatoms. The van der Waals surface area contributed by atoms with Crippen LogP contribution in [0.1, 0.15) is 38.3 Å². The lowest BCUT2D eigenvalue weighted by Gasteiger charge is -2.29. The Kier molecular flexibility index (Phi) is 5.30. The molecule has 0 spiro atoms. The highest BCUT2D eigenvalue weighted by Crippen LogP contribution is 2.29. The smallest absolute Gasteiger partial charge is 0.336 e. The predicted octanol–water partition coefficient (Wildman–Crippen LogP) is 4.12. The number of nitrogens with one attached hydrogen (secondary N) is 1. The molecule has 0 radical (unpaired) electrons. The molecule has 150 valence electrons. The van der Waals surface area contributed by atoms with Crippen LogP contribution in [0.5, 0.6) is 0 Å². The highest BCUT2D eigenvalue weighted by molar-refractivity contribution is 6.10. The molecule has 1 aliphatic rings. The van der Waals surface area contributed by atoms with E-state index in [1.165, 1.54) is 12.1 Å². The van der Waals surface area contributed by atoms with Crippen LogP contribution in [0.15, 0.2) is 72.8 Å². The van der Waals surface area contributed by atoms with Gasteiger partial charge in [0, 0.05) is 17.8 Å². The average Bonchev–Trinajstić information content (AvgIpc) is 2.77. The summed E-state index contributed by atoms with van der Waals surface area (Å²) in [5.74, 6) is -1.54. The fourth-order valence-corrected chi connectivity index (χ4v) is 3.61. The number of carboxylic acids is 1. The Hall–Kier alpha value is -3.93. The van der Waals surface area contributed by atoms with E-state index in [4.69, 9.17) is 0 Å². The van der Waals surface area contributed by atoms with Gasteiger partial charge < -0.3 is 15.3 Å². The standard InChI is InChI=1S/C24H20N2O4/c27-22-14-11-17-5-1-4-8-21(17)26(22)15-16-9-12-18(13-10-16)25-23(28)19-6-2-3-7-20(19)24(29)30/h1-10,12-13H,11,14-15H2,(H,25,28)(H,29,30). The number of para-hydroxylation sites is 1. The zero-order chi connectivity index (χ0) is 21.1. The number of nitrogens with zero attached hydrogens (tertiary/aromatic N) is 1. The van der Waals surface area contributed by atoms with E-state index >= 15 is 0 Å². The molecule has 0 unspecified atom stereocenters. The van der Waals surface area contributed by atoms with Crippen LogP contribution in [0.2, 0.25) is 0 Å². The van der Waals surface area contributed by atoms with Crippen molar-refractivity contribution in [2.75, 3.05) is 10.2 Å². The van der Waals surface area contributed by atoms with Crippen molar-refractivity contribution >= 4 is 29.2 Å². The normalized spacial score (nSPS) is 12.9. The van der Waals surface area contributed by atoms with Crippen molar-refractivity contribution < 1.29 is 19.5 Å². The lowest BCUT2D eigenvalue weighted by atomic mass is 10.0. The maximum atomic E-state index is 12.5. The summed E-state index contributed by atoms with van der Waals surface area (Å²) in [7, 11) is 0. The summed E-state index contributed by atoms with van der Waals surface area (Å²) in [6, 6.07) is 21.2. The SMILES string of the molecule is O=C(O)c1ccccc1C(=O)Nc1ccc(CN2C(=O)CCc3ccccc32)cc1. The van der Waals surface area contributed by atoms with Gasteiger partial charge in [0.1, 0.15) is 0 Å². The van der Waals surface area contributed by atoms with Crippen LogP contribution < -0.4 is 10.2 Å². The highest BCUT2D eigenvalue weighted by atomic mass is 16.4. The quantitative estimate of drug-likeness (QED) is 0.675. The summed E-state index contributed by atoms with van der Waals surface area (Å²) in [6.07, 6.45) is 1.25. The summed E-state index contributed by atoms with van der Waals surface area (Å²) >= 11 is 0. The van der Waals surface area contributed by atoms with Crippen LogP contribution in [0.25, 0.3) is 0 Å². The van der Waals surface area contributed by atoms with Gasteiger partial charge in [-0.1, -0.05) is 42.5 Å². The molecule has 3 aromatic carbocycles. The van der Waals surface area contributed by atoms with Crippen LogP contribution in [-0.4, -0.2) is 22.9 Å². The van der Waals surface area contributed by atoms with E-state index in [9.17, 15) is 19.5 Å². The van der Waals surface area contributed by atoms with Gasteiger partial charge in [0.15, 0.2) is 0 Å². The van der Waals surface area contributed by atoms with Gasteiger partial charge in [-0.25, -0.2) is 4.79 Å². The number of aryl methyl sites for hydroxylation is 1. The lowest BCUT2D eigenvalue weighted by Crippen LogP contribution is -2.34. The number of hydrogen-bond donors (Lipinski definition) is 2. The third-order valence-electron chi connectivity index (χ3n) is 5.15. The summed E-state index contributed by atoms with van der Waals surface area (Å²) in [4.78, 5) is 38.0. The fraction of sp³-hybridized carbons (Fsp3) is 0.125. The minimum absolute atomic E-state index is 0.0473. The van der Waals surface area contributed by atoms with Crippen molar-refractivity contribution in [3.05, 3.63) is 95.1 Å². The third kappa shape index (κ3) is 3.93. The molecule has 0 fully saturated rings. The molecule has 2 N–H and O–H groups in total. The van der Waals surface area contributed by atoms with E-state index in [1.54, 1.807) is 29.2 Å². The van der Waals surface area contributed by atoms with E-state index in [1.807, 2.05) is 36.4 Å². The minimum atomic E-state index is -1.15. The second-order valence-electron chi connectivity index (χ2n) is 7.11. The summed E-state index contributed by atoms with van der Waals surface area (Å²) in [5.41, 5.74) is 3.64. The van der Waals surface area contributed by atoms with Gasteiger partial charge in [0.05, 0.1) is 17.7 Å². The summed E-state index contributed by atoms with van der Waals surface area (Å²) in [6.45, 7) is 0.450. The molecule has 0 bridgehead atoms. The van der Waals surface area contributed by atoms with E-state index in [2.05, 4.69) is 5.32 Å². The molecule has 1 heterocycles. The summed E-state index contributed by atoms with van der Waals surface area (Å²) in [5, 5.41) is 12.0. The number of aromatic carboxylic acids is 1. The van der Waals surface area contributed by atoms with Gasteiger partial charge in [-0.3, -0.25) is 9.59 Å². The van der Waals surface area contributed by atoms with Gasteiger partial charge in [0.25, 0.3) is 5.91 Å². The van der Waals surface area contributed by atoms with Gasteiger partial charge in [-0.15, -0.1) is 0 Å². The molecule has 3 aromatic rings. The van der Waals surface area contributed by atoms with Crippen molar-refractivity contribution in [2.45, 2.75) is 19.4 Å². The van der Waals surface area contributed by atoms with Crippen LogP contribution in [0.4, 0.5) is 11.4 Å². The Morgan fingerprint density at radius 3 is 2.27 bits per heavy atom. The number of carboxylic acid groups (broad SMARTS) is 1. The van der Waals surface area contributed by atoms with Crippen molar-refractivity contribution in [2.24, 2.45) is 0 Å². The monoisotopic (exact) mass is 400 g/mol. The van der Waals surface area contributed by atoms with Gasteiger partial charge in [0.2, 0.25) is 5.91 Å². The van der Waals surface area contributed by atoms with E-state index in [-0.39, 0.29) is 17.0 Å². The number of hydrogen-bond acceptors (Lipinski definition) is 3. The molecule has 30 heavy (non-hydrogen) atoms. The number of amides is 2. The van der Waals surface area contributed by atoms with Crippen molar-refractivity contribution in [1.82, 2.24) is 0 Å². The van der Waals surface area contributed by atoms with Crippen LogP contribution >= 0.6 is 0 Å². The fourth-order valence-electron chi connectivity index (χ4n) is 3.61. The molecule has 0 aliphatic carbocycles. The van der Waals surface area contributed by atoms with Gasteiger partial charge in [-0.2, -0.15) is 0 Å². The lowest BCUT2D eigenvalue weighted by molar-refractivity contribution is -0.119.